The molecule has 6 heterocycles. The van der Waals surface area contributed by atoms with Crippen molar-refractivity contribution in [3.8, 4) is 62.8 Å². The first-order valence-electron chi connectivity index (χ1n) is 39.3. The normalized spacial score (nSPS) is 12.3. The van der Waals surface area contributed by atoms with Crippen molar-refractivity contribution in [1.82, 2.24) is 47.8 Å². The van der Waals surface area contributed by atoms with Crippen molar-refractivity contribution in [2.45, 2.75) is 163 Å². The summed E-state index contributed by atoms with van der Waals surface area (Å²) in [6.07, 6.45) is -6.75. The van der Waals surface area contributed by atoms with Crippen LogP contribution in [0, 0.1) is 0 Å². The maximum atomic E-state index is 14.1. The average molecular weight is 1660 g/mol. The second-order valence-electron chi connectivity index (χ2n) is 31.0. The standard InChI is InChI=1S/C34H37F3N4O3Si.C29H24F3N3O2.C27H33ClN4O3Si/c1-5-18-40-32(26-12-9-13-27(21-26)34(35,36)37)39-30-29(33(40)42)41(23-43-19-20-45(2,3)4)31(38-30)25-14-16-28(17-15-25)44-22-24-10-7-6-8-11-24;1-2-15-35-27(21-9-6-10-22(16-21)29(30,31)32)34-26-24(28(35)36)17-25(33-26)20-11-13-23(14-12-20)37-18-19-7-4-3-5-8-19;1-5-15-31-26(33)23-24(30-27(31)28)29-25(32(23)19-34-16-17-36(2,3)4)21-11-13-22(14-12-21)35-18-20-9-7-6-8-10-20/h6-17,21H,5,18-20,22-23H2,1-4H3;3-14,16H,2,15,17-18H2,1H3;6-14H,5,15-19H2,1-4H3. The van der Waals surface area contributed by atoms with Crippen LogP contribution < -0.4 is 30.9 Å². The van der Waals surface area contributed by atoms with Crippen molar-refractivity contribution < 1.29 is 50.0 Å². The molecule has 614 valence electrons. The molecule has 118 heavy (non-hydrogen) atoms. The van der Waals surface area contributed by atoms with E-state index < -0.39 is 39.6 Å². The van der Waals surface area contributed by atoms with Gasteiger partial charge >= 0.3 is 12.4 Å². The van der Waals surface area contributed by atoms with Crippen LogP contribution in [0.15, 0.2) is 232 Å². The molecule has 14 rings (SSSR count). The van der Waals surface area contributed by atoms with Gasteiger partial charge in [-0.2, -0.15) is 31.3 Å². The number of ether oxygens (including phenoxy) is 5. The van der Waals surface area contributed by atoms with Crippen LogP contribution in [0.4, 0.5) is 32.2 Å². The highest BCUT2D eigenvalue weighted by molar-refractivity contribution is 6.76. The van der Waals surface area contributed by atoms with Gasteiger partial charge < -0.3 is 23.7 Å². The molecule has 0 spiro atoms. The van der Waals surface area contributed by atoms with Gasteiger partial charge in [0.25, 0.3) is 16.7 Å². The summed E-state index contributed by atoms with van der Waals surface area (Å²) in [5.41, 5.74) is 5.79. The SMILES string of the molecule is CCCn1c(-c2cccc(C(F)(F)F)c2)nc2c(c1=O)CC(c1ccc(OCc3ccccc3)cc1)=N2.CCCn1c(-c2cccc(C(F)(F)F)c2)nc2nc(-c3ccc(OCc4ccccc4)cc3)n(COCC[Si](C)(C)C)c2c1=O.CCCn1c(Cl)nc2nc(-c3ccc(OCc4ccccc4)cc3)n(COCC[Si](C)(C)C)c2c1=O. The number of hydrogen-bond acceptors (Lipinski definition) is 14. The van der Waals surface area contributed by atoms with Crippen molar-refractivity contribution in [3.05, 3.63) is 288 Å². The number of nitrogens with zero attached hydrogens (tertiary/aromatic N) is 11. The predicted octanol–water partition coefficient (Wildman–Crippen LogP) is 21.1. The number of fused-ring (bicyclic) bond motifs is 3. The quantitative estimate of drug-likeness (QED) is 0.0178. The fraction of sp³-hybridized carbons (Fsp3) is 0.300. The number of imidazole rings is 2. The van der Waals surface area contributed by atoms with Gasteiger partial charge in [0.1, 0.15) is 73.8 Å². The van der Waals surface area contributed by atoms with Gasteiger partial charge in [0.2, 0.25) is 5.28 Å². The molecule has 0 saturated heterocycles. The molecule has 0 amide bonds. The van der Waals surface area contributed by atoms with Crippen LogP contribution in [0.5, 0.6) is 17.2 Å². The molecule has 0 saturated carbocycles. The van der Waals surface area contributed by atoms with Crippen LogP contribution in [0.25, 0.3) is 67.9 Å². The number of hydrogen-bond donors (Lipinski definition) is 0. The lowest BCUT2D eigenvalue weighted by atomic mass is 10.1. The first-order chi connectivity index (χ1) is 56.5. The van der Waals surface area contributed by atoms with Crippen LogP contribution >= 0.6 is 11.6 Å². The monoisotopic (exact) mass is 1660 g/mol. The van der Waals surface area contributed by atoms with E-state index in [4.69, 9.17) is 50.2 Å². The van der Waals surface area contributed by atoms with E-state index in [2.05, 4.69) is 54.2 Å². The molecule has 8 aromatic carbocycles. The minimum Gasteiger partial charge on any atom is -0.489 e. The summed E-state index contributed by atoms with van der Waals surface area (Å²) in [6, 6.07) is 64.0. The van der Waals surface area contributed by atoms with E-state index in [1.165, 1.54) is 38.0 Å². The average Bonchev–Trinajstić information content (AvgIpc) is 1.60. The van der Waals surface area contributed by atoms with Crippen LogP contribution in [0.3, 0.4) is 0 Å². The van der Waals surface area contributed by atoms with E-state index in [1.54, 1.807) is 4.57 Å². The minimum absolute atomic E-state index is 0.0779. The van der Waals surface area contributed by atoms with Crippen molar-refractivity contribution in [3.63, 3.8) is 0 Å². The molecule has 1 aliphatic heterocycles. The Bertz CT molecular complexity index is 5820. The van der Waals surface area contributed by atoms with Gasteiger partial charge in [0.15, 0.2) is 28.1 Å². The van der Waals surface area contributed by atoms with Gasteiger partial charge in [0.05, 0.1) is 22.4 Å². The Morgan fingerprint density at radius 2 is 0.754 bits per heavy atom. The molecular formula is C90H94ClF6N11O8Si2. The van der Waals surface area contributed by atoms with Gasteiger partial charge in [-0.3, -0.25) is 37.2 Å². The van der Waals surface area contributed by atoms with Crippen LogP contribution in [-0.4, -0.2) is 82.8 Å². The molecule has 13 aromatic rings. The molecule has 0 aliphatic carbocycles. The lowest BCUT2D eigenvalue weighted by Gasteiger charge is -2.17. The van der Waals surface area contributed by atoms with Crippen molar-refractivity contribution in [2.24, 2.45) is 4.99 Å². The Hall–Kier alpha value is -11.4. The number of rotatable bonds is 30. The van der Waals surface area contributed by atoms with E-state index in [0.29, 0.717) is 111 Å². The number of benzene rings is 8. The second-order valence-corrected chi connectivity index (χ2v) is 42.6. The number of alkyl halides is 6. The number of aromatic nitrogens is 10. The summed E-state index contributed by atoms with van der Waals surface area (Å²) >= 11 is 6.34. The molecule has 1 aliphatic rings. The fourth-order valence-corrected chi connectivity index (χ4v) is 14.8. The Labute approximate surface area is 687 Å². The molecule has 0 bridgehead atoms. The molecule has 0 atom stereocenters. The third kappa shape index (κ3) is 21.9. The number of halogens is 7. The topological polar surface area (TPSA) is 199 Å². The summed E-state index contributed by atoms with van der Waals surface area (Å²) in [5.74, 6) is 3.80. The zero-order valence-corrected chi connectivity index (χ0v) is 70.1. The molecule has 28 heteroatoms. The summed E-state index contributed by atoms with van der Waals surface area (Å²) in [6.45, 7) is 23.4. The maximum absolute atomic E-state index is 14.1. The second kappa shape index (κ2) is 38.4. The van der Waals surface area contributed by atoms with Crippen LogP contribution in [-0.2, 0) is 81.2 Å². The van der Waals surface area contributed by atoms with Gasteiger partial charge in [-0.1, -0.05) is 175 Å². The smallest absolute Gasteiger partial charge is 0.416 e. The third-order valence-electron chi connectivity index (χ3n) is 19.3. The van der Waals surface area contributed by atoms with E-state index in [9.17, 15) is 40.7 Å². The molecule has 0 radical (unpaired) electrons. The first kappa shape index (κ1) is 86.0. The highest BCUT2D eigenvalue weighted by Crippen LogP contribution is 2.37. The lowest BCUT2D eigenvalue weighted by molar-refractivity contribution is -0.138. The summed E-state index contributed by atoms with van der Waals surface area (Å²) < 4.78 is 118. The molecule has 19 nitrogen and oxygen atoms in total. The zero-order chi connectivity index (χ0) is 83.9. The lowest BCUT2D eigenvalue weighted by Crippen LogP contribution is -2.26. The zero-order valence-electron chi connectivity index (χ0n) is 67.4. The Morgan fingerprint density at radius 3 is 1.14 bits per heavy atom. The van der Waals surface area contributed by atoms with Gasteiger partial charge in [-0.15, -0.1) is 0 Å². The highest BCUT2D eigenvalue weighted by atomic mass is 35.5. The third-order valence-corrected chi connectivity index (χ3v) is 23.0. The first-order valence-corrected chi connectivity index (χ1v) is 47.0. The minimum atomic E-state index is -4.53. The van der Waals surface area contributed by atoms with Crippen molar-refractivity contribution in [2.75, 3.05) is 13.2 Å². The molecular weight excluding hydrogens is 1570 g/mol. The summed E-state index contributed by atoms with van der Waals surface area (Å²) in [5, 5.41) is 0.148. The van der Waals surface area contributed by atoms with Crippen molar-refractivity contribution >= 4 is 61.6 Å². The van der Waals surface area contributed by atoms with Crippen LogP contribution in [0.2, 0.25) is 56.7 Å². The molecule has 5 aromatic heterocycles. The molecule has 0 N–H and O–H groups in total. The predicted molar refractivity (Wildman–Crippen MR) is 457 cm³/mol. The number of aliphatic imine (C=N–C) groups is 1. The maximum Gasteiger partial charge on any atom is 0.416 e. The van der Waals surface area contributed by atoms with Crippen LogP contribution in [0.1, 0.15) is 79.0 Å². The van der Waals surface area contributed by atoms with Crippen molar-refractivity contribution in [1.29, 1.82) is 0 Å². The van der Waals surface area contributed by atoms with E-state index >= 15 is 0 Å². The Morgan fingerprint density at radius 1 is 0.398 bits per heavy atom. The highest BCUT2D eigenvalue weighted by Gasteiger charge is 2.34. The molecule has 0 fully saturated rings. The fourth-order valence-electron chi connectivity index (χ4n) is 13.1. The Kier molecular flexibility index (Phi) is 28.0. The summed E-state index contributed by atoms with van der Waals surface area (Å²) in [7, 11) is -2.61. The van der Waals surface area contributed by atoms with E-state index in [1.807, 2.05) is 189 Å². The largest absolute Gasteiger partial charge is 0.489 e. The van der Waals surface area contributed by atoms with Gasteiger partial charge in [-0.25, -0.2) is 24.9 Å². The van der Waals surface area contributed by atoms with Gasteiger partial charge in [0, 0.05) is 77.7 Å². The van der Waals surface area contributed by atoms with E-state index in [-0.39, 0.29) is 81.7 Å². The molecule has 0 unspecified atom stereocenters. The van der Waals surface area contributed by atoms with Gasteiger partial charge in [-0.05, 0) is 162 Å². The van der Waals surface area contributed by atoms with E-state index in [0.717, 1.165) is 81.9 Å². The Balaban J connectivity index is 0.000000164. The summed E-state index contributed by atoms with van der Waals surface area (Å²) in [4.78, 5) is 68.6.